The van der Waals surface area contributed by atoms with E-state index in [9.17, 15) is 9.59 Å². The van der Waals surface area contributed by atoms with E-state index >= 15 is 0 Å². The van der Waals surface area contributed by atoms with Crippen LogP contribution in [0.4, 0.5) is 0 Å². The van der Waals surface area contributed by atoms with Crippen molar-refractivity contribution in [3.05, 3.63) is 0 Å². The van der Waals surface area contributed by atoms with Gasteiger partial charge in [0.2, 0.25) is 6.79 Å². The molecule has 15 heavy (non-hydrogen) atoms. The Balaban J connectivity index is 3.70. The lowest BCUT2D eigenvalue weighted by molar-refractivity contribution is -0.165. The normalized spacial score (nSPS) is 14.1. The summed E-state index contributed by atoms with van der Waals surface area (Å²) in [7, 11) is 0. The lowest BCUT2D eigenvalue weighted by Gasteiger charge is -2.10. The standard InChI is InChI=1S/C9H14I2O4/c1-3-6(10)8(12)14-5-15-9(13)7(11)4-2/h6-7H,3-5H2,1-2H3. The topological polar surface area (TPSA) is 52.6 Å². The smallest absolute Gasteiger partial charge is 0.321 e. The van der Waals surface area contributed by atoms with Crippen LogP contribution >= 0.6 is 45.2 Å². The summed E-state index contributed by atoms with van der Waals surface area (Å²) >= 11 is 3.99. The summed E-state index contributed by atoms with van der Waals surface area (Å²) in [6.07, 6.45) is 1.41. The van der Waals surface area contributed by atoms with E-state index in [-0.39, 0.29) is 26.6 Å². The van der Waals surface area contributed by atoms with Crippen LogP contribution in [0, 0.1) is 0 Å². The Morgan fingerprint density at radius 1 is 1.00 bits per heavy atom. The molecule has 0 radical (unpaired) electrons. The summed E-state index contributed by atoms with van der Waals surface area (Å²) in [5, 5.41) is 0. The van der Waals surface area contributed by atoms with E-state index in [1.165, 1.54) is 0 Å². The minimum Gasteiger partial charge on any atom is -0.427 e. The number of rotatable bonds is 6. The van der Waals surface area contributed by atoms with Crippen LogP contribution in [0.5, 0.6) is 0 Å². The molecule has 0 aromatic rings. The minimum atomic E-state index is -0.340. The SMILES string of the molecule is CCC(I)C(=O)OCOC(=O)C(I)CC. The second-order valence-electron chi connectivity index (χ2n) is 2.80. The van der Waals surface area contributed by atoms with Crippen LogP contribution in [-0.2, 0) is 19.1 Å². The van der Waals surface area contributed by atoms with Crippen molar-refractivity contribution in [2.75, 3.05) is 6.79 Å². The van der Waals surface area contributed by atoms with Crippen LogP contribution in [0.15, 0.2) is 0 Å². The van der Waals surface area contributed by atoms with Crippen LogP contribution in [0.3, 0.4) is 0 Å². The lowest BCUT2D eigenvalue weighted by Crippen LogP contribution is -2.22. The number of halogens is 2. The van der Waals surface area contributed by atoms with Gasteiger partial charge in [0.15, 0.2) is 0 Å². The molecule has 0 saturated heterocycles. The highest BCUT2D eigenvalue weighted by Gasteiger charge is 2.17. The number of esters is 2. The fourth-order valence-electron chi connectivity index (χ4n) is 0.660. The number of alkyl halides is 2. The Kier molecular flexibility index (Phi) is 8.77. The summed E-state index contributed by atoms with van der Waals surface area (Å²) in [6.45, 7) is 3.50. The Hall–Kier alpha value is 0.400. The second-order valence-corrected chi connectivity index (χ2v) is 5.80. The van der Waals surface area contributed by atoms with E-state index in [0.29, 0.717) is 12.8 Å². The molecule has 0 rings (SSSR count). The van der Waals surface area contributed by atoms with Crippen LogP contribution in [0.2, 0.25) is 0 Å². The third-order valence-electron chi connectivity index (χ3n) is 1.63. The highest BCUT2D eigenvalue weighted by atomic mass is 127. The molecule has 2 unspecified atom stereocenters. The third-order valence-corrected chi connectivity index (χ3v) is 4.41. The van der Waals surface area contributed by atoms with Gasteiger partial charge in [-0.15, -0.1) is 0 Å². The first kappa shape index (κ1) is 15.4. The van der Waals surface area contributed by atoms with Crippen LogP contribution < -0.4 is 0 Å². The Labute approximate surface area is 117 Å². The molecule has 0 bridgehead atoms. The maximum absolute atomic E-state index is 11.2. The molecule has 0 aromatic carbocycles. The molecule has 88 valence electrons. The minimum absolute atomic E-state index is 0.178. The zero-order chi connectivity index (χ0) is 11.8. The van der Waals surface area contributed by atoms with Crippen molar-refractivity contribution >= 4 is 57.1 Å². The van der Waals surface area contributed by atoms with E-state index < -0.39 is 0 Å². The van der Waals surface area contributed by atoms with Crippen molar-refractivity contribution < 1.29 is 19.1 Å². The Bertz CT molecular complexity index is 198. The molecule has 0 heterocycles. The molecule has 0 aromatic heterocycles. The molecule has 4 nitrogen and oxygen atoms in total. The summed E-state index contributed by atoms with van der Waals surface area (Å²) in [4.78, 5) is 22.3. The highest BCUT2D eigenvalue weighted by Crippen LogP contribution is 2.09. The van der Waals surface area contributed by atoms with E-state index in [4.69, 9.17) is 9.47 Å². The Morgan fingerprint density at radius 2 is 1.33 bits per heavy atom. The molecule has 0 aliphatic heterocycles. The van der Waals surface area contributed by atoms with Gasteiger partial charge < -0.3 is 9.47 Å². The molecular weight excluding hydrogens is 426 g/mol. The number of carbonyl (C=O) groups excluding carboxylic acids is 2. The Morgan fingerprint density at radius 3 is 1.60 bits per heavy atom. The van der Waals surface area contributed by atoms with E-state index in [2.05, 4.69) is 0 Å². The first-order valence-corrected chi connectivity index (χ1v) is 7.13. The quantitative estimate of drug-likeness (QED) is 0.276. The third kappa shape index (κ3) is 6.54. The fraction of sp³-hybridized carbons (Fsp3) is 0.778. The molecular formula is C9H14I2O4. The number of ether oxygens (including phenoxy) is 2. The molecule has 0 amide bonds. The van der Waals surface area contributed by atoms with Gasteiger partial charge >= 0.3 is 11.9 Å². The highest BCUT2D eigenvalue weighted by molar-refractivity contribution is 14.1. The predicted molar refractivity (Wildman–Crippen MR) is 73.2 cm³/mol. The van der Waals surface area contributed by atoms with Crippen LogP contribution in [0.1, 0.15) is 26.7 Å². The molecule has 0 N–H and O–H groups in total. The number of hydrogen-bond acceptors (Lipinski definition) is 4. The molecule has 2 atom stereocenters. The van der Waals surface area contributed by atoms with Crippen molar-refractivity contribution in [3.8, 4) is 0 Å². The summed E-state index contributed by atoms with van der Waals surface area (Å²) < 4.78 is 9.18. The largest absolute Gasteiger partial charge is 0.427 e. The zero-order valence-electron chi connectivity index (χ0n) is 8.66. The average Bonchev–Trinajstić information content (AvgIpc) is 2.26. The van der Waals surface area contributed by atoms with E-state index in [1.54, 1.807) is 0 Å². The fourth-order valence-corrected chi connectivity index (χ4v) is 1.02. The molecule has 6 heteroatoms. The monoisotopic (exact) mass is 440 g/mol. The first-order valence-electron chi connectivity index (χ1n) is 4.64. The molecule has 0 fully saturated rings. The van der Waals surface area contributed by atoms with Crippen molar-refractivity contribution in [2.24, 2.45) is 0 Å². The van der Waals surface area contributed by atoms with E-state index in [0.717, 1.165) is 0 Å². The van der Waals surface area contributed by atoms with Gasteiger partial charge in [-0.25, -0.2) is 0 Å². The molecule has 0 aliphatic rings. The van der Waals surface area contributed by atoms with Gasteiger partial charge in [0.1, 0.15) is 7.85 Å². The van der Waals surface area contributed by atoms with Gasteiger partial charge in [0.05, 0.1) is 0 Å². The number of carbonyl (C=O) groups is 2. The van der Waals surface area contributed by atoms with Gasteiger partial charge in [0.25, 0.3) is 0 Å². The molecule has 0 spiro atoms. The van der Waals surface area contributed by atoms with Gasteiger partial charge in [-0.1, -0.05) is 59.0 Å². The van der Waals surface area contributed by atoms with Crippen molar-refractivity contribution in [1.29, 1.82) is 0 Å². The van der Waals surface area contributed by atoms with Crippen molar-refractivity contribution in [1.82, 2.24) is 0 Å². The second kappa shape index (κ2) is 8.54. The summed E-state index contributed by atoms with van der Waals surface area (Å²) in [5.74, 6) is -0.681. The van der Waals surface area contributed by atoms with Crippen LogP contribution in [0.25, 0.3) is 0 Å². The first-order chi connectivity index (χ1) is 7.02. The summed E-state index contributed by atoms with van der Waals surface area (Å²) in [6, 6.07) is 0. The average molecular weight is 440 g/mol. The van der Waals surface area contributed by atoms with E-state index in [1.807, 2.05) is 59.0 Å². The summed E-state index contributed by atoms with van der Waals surface area (Å²) in [5.41, 5.74) is 0. The zero-order valence-corrected chi connectivity index (χ0v) is 13.0. The van der Waals surface area contributed by atoms with Gasteiger partial charge in [-0.3, -0.25) is 9.59 Å². The predicted octanol–water partition coefficient (Wildman–Crippen LogP) is 2.46. The van der Waals surface area contributed by atoms with Crippen molar-refractivity contribution in [3.63, 3.8) is 0 Å². The van der Waals surface area contributed by atoms with Gasteiger partial charge in [-0.05, 0) is 12.8 Å². The molecule has 0 saturated carbocycles. The molecule has 0 aliphatic carbocycles. The lowest BCUT2D eigenvalue weighted by atomic mass is 10.3. The van der Waals surface area contributed by atoms with Gasteiger partial charge in [-0.2, -0.15) is 0 Å². The van der Waals surface area contributed by atoms with Crippen molar-refractivity contribution in [2.45, 2.75) is 34.5 Å². The maximum atomic E-state index is 11.2. The maximum Gasteiger partial charge on any atom is 0.321 e. The van der Waals surface area contributed by atoms with Gasteiger partial charge in [0, 0.05) is 0 Å². The number of hydrogen-bond donors (Lipinski definition) is 0. The van der Waals surface area contributed by atoms with Crippen LogP contribution in [-0.4, -0.2) is 26.6 Å².